The number of rotatable bonds is 5. The second kappa shape index (κ2) is 6.20. The van der Waals surface area contributed by atoms with Crippen molar-refractivity contribution < 1.29 is 9.90 Å². The van der Waals surface area contributed by atoms with E-state index in [1.54, 1.807) is 12.1 Å². The van der Waals surface area contributed by atoms with Gasteiger partial charge in [-0.2, -0.15) is 0 Å². The van der Waals surface area contributed by atoms with Gasteiger partial charge in [0.15, 0.2) is 0 Å². The molecule has 16 heavy (non-hydrogen) atoms. The van der Waals surface area contributed by atoms with Crippen LogP contribution in [0.4, 0.5) is 0 Å². The fourth-order valence-corrected chi connectivity index (χ4v) is 2.18. The summed E-state index contributed by atoms with van der Waals surface area (Å²) < 4.78 is 1.02. The van der Waals surface area contributed by atoms with E-state index in [0.717, 1.165) is 23.2 Å². The SMILES string of the molecule is CCN(CC)Cc1ccc(C(=O)O)cc1I. The van der Waals surface area contributed by atoms with Gasteiger partial charge in [0.2, 0.25) is 0 Å². The maximum Gasteiger partial charge on any atom is 0.335 e. The smallest absolute Gasteiger partial charge is 0.335 e. The molecule has 1 aromatic rings. The third kappa shape index (κ3) is 3.45. The van der Waals surface area contributed by atoms with Crippen LogP contribution in [0.5, 0.6) is 0 Å². The van der Waals surface area contributed by atoms with E-state index in [1.165, 1.54) is 5.56 Å². The Morgan fingerprint density at radius 3 is 2.44 bits per heavy atom. The Morgan fingerprint density at radius 1 is 1.38 bits per heavy atom. The number of aromatic carboxylic acids is 1. The highest BCUT2D eigenvalue weighted by molar-refractivity contribution is 14.1. The van der Waals surface area contributed by atoms with Crippen molar-refractivity contribution in [3.8, 4) is 0 Å². The second-order valence-corrected chi connectivity index (χ2v) is 4.73. The van der Waals surface area contributed by atoms with E-state index in [-0.39, 0.29) is 0 Å². The van der Waals surface area contributed by atoms with Crippen molar-refractivity contribution >= 4 is 28.6 Å². The van der Waals surface area contributed by atoms with Gasteiger partial charge in [0, 0.05) is 10.1 Å². The van der Waals surface area contributed by atoms with E-state index >= 15 is 0 Å². The molecular weight excluding hydrogens is 317 g/mol. The molecule has 4 heteroatoms. The normalized spacial score (nSPS) is 10.8. The van der Waals surface area contributed by atoms with Gasteiger partial charge in [-0.05, 0) is 53.4 Å². The van der Waals surface area contributed by atoms with Crippen molar-refractivity contribution in [3.63, 3.8) is 0 Å². The van der Waals surface area contributed by atoms with Crippen LogP contribution in [0, 0.1) is 3.57 Å². The van der Waals surface area contributed by atoms with Gasteiger partial charge in [-0.3, -0.25) is 4.90 Å². The first-order valence-electron chi connectivity index (χ1n) is 5.32. The lowest BCUT2D eigenvalue weighted by atomic mass is 10.1. The minimum atomic E-state index is -0.868. The Bertz CT molecular complexity index is 375. The Hall–Kier alpha value is -0.620. The molecule has 1 N–H and O–H groups in total. The van der Waals surface area contributed by atoms with E-state index < -0.39 is 5.97 Å². The Kier molecular flexibility index (Phi) is 5.21. The number of benzene rings is 1. The topological polar surface area (TPSA) is 40.5 Å². The highest BCUT2D eigenvalue weighted by atomic mass is 127. The van der Waals surface area contributed by atoms with Crippen LogP contribution in [-0.2, 0) is 6.54 Å². The fraction of sp³-hybridized carbons (Fsp3) is 0.417. The van der Waals surface area contributed by atoms with Crippen LogP contribution in [-0.4, -0.2) is 29.1 Å². The van der Waals surface area contributed by atoms with Crippen molar-refractivity contribution in [2.24, 2.45) is 0 Å². The third-order valence-corrected chi connectivity index (χ3v) is 3.59. The molecule has 1 aromatic carbocycles. The maximum absolute atomic E-state index is 10.8. The average molecular weight is 333 g/mol. The van der Waals surface area contributed by atoms with Crippen molar-refractivity contribution in [1.29, 1.82) is 0 Å². The number of carboxylic acid groups (broad SMARTS) is 1. The molecule has 0 fully saturated rings. The Labute approximate surface area is 110 Å². The lowest BCUT2D eigenvalue weighted by Crippen LogP contribution is -2.22. The van der Waals surface area contributed by atoms with Crippen LogP contribution in [0.25, 0.3) is 0 Å². The predicted molar refractivity (Wildman–Crippen MR) is 72.7 cm³/mol. The van der Waals surface area contributed by atoms with Gasteiger partial charge >= 0.3 is 5.97 Å². The number of carbonyl (C=O) groups is 1. The minimum Gasteiger partial charge on any atom is -0.478 e. The summed E-state index contributed by atoms with van der Waals surface area (Å²) in [5.74, 6) is -0.868. The first kappa shape index (κ1) is 13.4. The van der Waals surface area contributed by atoms with Crippen LogP contribution < -0.4 is 0 Å². The summed E-state index contributed by atoms with van der Waals surface area (Å²) >= 11 is 2.20. The van der Waals surface area contributed by atoms with Crippen LogP contribution >= 0.6 is 22.6 Å². The molecule has 0 unspecified atom stereocenters. The molecule has 1 rings (SSSR count). The summed E-state index contributed by atoms with van der Waals surface area (Å²) in [7, 11) is 0. The Morgan fingerprint density at radius 2 is 2.00 bits per heavy atom. The lowest BCUT2D eigenvalue weighted by molar-refractivity contribution is 0.0697. The summed E-state index contributed by atoms with van der Waals surface area (Å²) in [5.41, 5.74) is 1.54. The van der Waals surface area contributed by atoms with Gasteiger partial charge in [-0.25, -0.2) is 4.79 Å². The molecule has 88 valence electrons. The van der Waals surface area contributed by atoms with Crippen molar-refractivity contribution in [3.05, 3.63) is 32.9 Å². The van der Waals surface area contributed by atoms with E-state index in [2.05, 4.69) is 41.3 Å². The van der Waals surface area contributed by atoms with Crippen LogP contribution in [0.2, 0.25) is 0 Å². The zero-order valence-corrected chi connectivity index (χ0v) is 11.7. The number of halogens is 1. The molecule has 0 amide bonds. The summed E-state index contributed by atoms with van der Waals surface area (Å²) in [4.78, 5) is 13.1. The van der Waals surface area contributed by atoms with Crippen molar-refractivity contribution in [2.45, 2.75) is 20.4 Å². The molecule has 0 aliphatic carbocycles. The molecule has 0 bridgehead atoms. The van der Waals surface area contributed by atoms with Crippen LogP contribution in [0.1, 0.15) is 29.8 Å². The Balaban J connectivity index is 2.86. The molecule has 3 nitrogen and oxygen atoms in total. The average Bonchev–Trinajstić information content (AvgIpc) is 2.27. The van der Waals surface area contributed by atoms with Gasteiger partial charge in [0.1, 0.15) is 0 Å². The molecule has 0 radical (unpaired) electrons. The number of hydrogen-bond donors (Lipinski definition) is 1. The molecule has 0 heterocycles. The summed E-state index contributed by atoms with van der Waals surface area (Å²) in [5, 5.41) is 8.86. The standard InChI is InChI=1S/C12H16INO2/c1-3-14(4-2)8-10-6-5-9(12(15)16)7-11(10)13/h5-7H,3-4,8H2,1-2H3,(H,15,16). The van der Waals surface area contributed by atoms with Crippen molar-refractivity contribution in [2.75, 3.05) is 13.1 Å². The zero-order valence-electron chi connectivity index (χ0n) is 9.53. The van der Waals surface area contributed by atoms with E-state index in [0.29, 0.717) is 5.56 Å². The molecule has 0 aromatic heterocycles. The summed E-state index contributed by atoms with van der Waals surface area (Å²) in [6.07, 6.45) is 0. The first-order valence-corrected chi connectivity index (χ1v) is 6.40. The van der Waals surface area contributed by atoms with Gasteiger partial charge in [-0.1, -0.05) is 19.9 Å². The quantitative estimate of drug-likeness (QED) is 0.843. The second-order valence-electron chi connectivity index (χ2n) is 3.57. The molecular formula is C12H16INO2. The molecule has 0 aliphatic heterocycles. The van der Waals surface area contributed by atoms with Crippen LogP contribution in [0.15, 0.2) is 18.2 Å². The molecule has 0 saturated carbocycles. The largest absolute Gasteiger partial charge is 0.478 e. The number of hydrogen-bond acceptors (Lipinski definition) is 2. The lowest BCUT2D eigenvalue weighted by Gasteiger charge is -2.18. The number of nitrogens with zero attached hydrogens (tertiary/aromatic N) is 1. The highest BCUT2D eigenvalue weighted by Gasteiger charge is 2.08. The summed E-state index contributed by atoms with van der Waals surface area (Å²) in [6.45, 7) is 7.15. The third-order valence-electron chi connectivity index (χ3n) is 2.59. The van der Waals surface area contributed by atoms with Gasteiger partial charge in [0.25, 0.3) is 0 Å². The van der Waals surface area contributed by atoms with E-state index in [1.807, 2.05) is 6.07 Å². The monoisotopic (exact) mass is 333 g/mol. The van der Waals surface area contributed by atoms with E-state index in [4.69, 9.17) is 5.11 Å². The first-order chi connectivity index (χ1) is 7.58. The molecule has 0 spiro atoms. The molecule has 0 atom stereocenters. The van der Waals surface area contributed by atoms with Crippen LogP contribution in [0.3, 0.4) is 0 Å². The van der Waals surface area contributed by atoms with Crippen molar-refractivity contribution in [1.82, 2.24) is 4.90 Å². The van der Waals surface area contributed by atoms with E-state index in [9.17, 15) is 4.79 Å². The fourth-order valence-electron chi connectivity index (χ4n) is 1.50. The molecule has 0 aliphatic rings. The van der Waals surface area contributed by atoms with Gasteiger partial charge in [-0.15, -0.1) is 0 Å². The highest BCUT2D eigenvalue weighted by Crippen LogP contribution is 2.16. The zero-order chi connectivity index (χ0) is 12.1. The summed E-state index contributed by atoms with van der Waals surface area (Å²) in [6, 6.07) is 5.30. The predicted octanol–water partition coefficient (Wildman–Crippen LogP) is 2.83. The van der Waals surface area contributed by atoms with Gasteiger partial charge in [0.05, 0.1) is 5.56 Å². The maximum atomic E-state index is 10.8. The minimum absolute atomic E-state index is 0.354. The van der Waals surface area contributed by atoms with Gasteiger partial charge < -0.3 is 5.11 Å². The number of carboxylic acids is 1. The molecule has 0 saturated heterocycles.